The molecule has 0 amide bonds. The molecule has 0 bridgehead atoms. The van der Waals surface area contributed by atoms with E-state index in [0.717, 1.165) is 37.5 Å². The van der Waals surface area contributed by atoms with Crippen LogP contribution in [0.25, 0.3) is 0 Å². The summed E-state index contributed by atoms with van der Waals surface area (Å²) < 4.78 is 11.0. The number of methoxy groups -OCH3 is 1. The van der Waals surface area contributed by atoms with Gasteiger partial charge in [-0.15, -0.1) is 0 Å². The van der Waals surface area contributed by atoms with E-state index in [-0.39, 0.29) is 0 Å². The zero-order valence-corrected chi connectivity index (χ0v) is 12.0. The van der Waals surface area contributed by atoms with E-state index < -0.39 is 0 Å². The largest absolute Gasteiger partial charge is 0.493 e. The summed E-state index contributed by atoms with van der Waals surface area (Å²) in [6.45, 7) is 8.05. The van der Waals surface area contributed by atoms with Gasteiger partial charge in [0.25, 0.3) is 0 Å². The highest BCUT2D eigenvalue weighted by Gasteiger charge is 2.06. The van der Waals surface area contributed by atoms with Crippen LogP contribution < -0.4 is 14.8 Å². The van der Waals surface area contributed by atoms with Gasteiger partial charge in [-0.05, 0) is 37.5 Å². The Hall–Kier alpha value is -1.22. The van der Waals surface area contributed by atoms with Crippen LogP contribution in [0.3, 0.4) is 0 Å². The van der Waals surface area contributed by atoms with Crippen molar-refractivity contribution in [3.8, 4) is 11.5 Å². The number of rotatable bonds is 8. The van der Waals surface area contributed by atoms with Crippen LogP contribution in [0.5, 0.6) is 11.5 Å². The minimum atomic E-state index is 0.534. The fraction of sp³-hybridized carbons (Fsp3) is 0.600. The van der Waals surface area contributed by atoms with E-state index in [1.807, 2.05) is 12.1 Å². The molecule has 0 aliphatic carbocycles. The summed E-state index contributed by atoms with van der Waals surface area (Å²) in [6.07, 6.45) is 2.13. The Bertz CT molecular complexity index is 352. The van der Waals surface area contributed by atoms with Crippen molar-refractivity contribution in [1.29, 1.82) is 0 Å². The molecule has 0 spiro atoms. The van der Waals surface area contributed by atoms with E-state index in [0.29, 0.717) is 6.04 Å². The van der Waals surface area contributed by atoms with E-state index in [9.17, 15) is 0 Å². The number of hydrogen-bond donors (Lipinski definition) is 1. The van der Waals surface area contributed by atoms with Gasteiger partial charge in [0, 0.05) is 12.6 Å². The first kappa shape index (κ1) is 14.8. The second-order valence-electron chi connectivity index (χ2n) is 4.52. The lowest BCUT2D eigenvalue weighted by atomic mass is 10.1. The molecule has 1 aromatic rings. The third kappa shape index (κ3) is 4.57. The molecule has 1 aromatic carbocycles. The first-order valence-electron chi connectivity index (χ1n) is 6.74. The number of benzene rings is 1. The van der Waals surface area contributed by atoms with Crippen molar-refractivity contribution in [2.75, 3.05) is 13.7 Å². The molecule has 0 saturated carbocycles. The Morgan fingerprint density at radius 1 is 1.22 bits per heavy atom. The molecule has 0 fully saturated rings. The molecule has 0 heterocycles. The fourth-order valence-electron chi connectivity index (χ4n) is 1.59. The van der Waals surface area contributed by atoms with E-state index in [1.165, 1.54) is 5.56 Å². The lowest BCUT2D eigenvalue weighted by molar-refractivity contribution is 0.294. The summed E-state index contributed by atoms with van der Waals surface area (Å²) in [5.74, 6) is 1.64. The van der Waals surface area contributed by atoms with Crippen LogP contribution in [0.4, 0.5) is 0 Å². The van der Waals surface area contributed by atoms with E-state index >= 15 is 0 Å². The minimum Gasteiger partial charge on any atom is -0.493 e. The van der Waals surface area contributed by atoms with Gasteiger partial charge in [0.05, 0.1) is 13.7 Å². The summed E-state index contributed by atoms with van der Waals surface area (Å²) in [7, 11) is 1.68. The monoisotopic (exact) mass is 251 g/mol. The molecular weight excluding hydrogens is 226 g/mol. The summed E-state index contributed by atoms with van der Waals surface area (Å²) >= 11 is 0. The van der Waals surface area contributed by atoms with Gasteiger partial charge in [0.15, 0.2) is 11.5 Å². The maximum absolute atomic E-state index is 5.63. The van der Waals surface area contributed by atoms with E-state index in [1.54, 1.807) is 7.11 Å². The van der Waals surface area contributed by atoms with Crippen LogP contribution in [0.1, 0.15) is 39.2 Å². The van der Waals surface area contributed by atoms with E-state index in [4.69, 9.17) is 9.47 Å². The fourth-order valence-corrected chi connectivity index (χ4v) is 1.59. The highest BCUT2D eigenvalue weighted by atomic mass is 16.5. The first-order valence-corrected chi connectivity index (χ1v) is 6.74. The van der Waals surface area contributed by atoms with Gasteiger partial charge >= 0.3 is 0 Å². The van der Waals surface area contributed by atoms with Gasteiger partial charge in [-0.2, -0.15) is 0 Å². The smallest absolute Gasteiger partial charge is 0.161 e. The van der Waals surface area contributed by atoms with Gasteiger partial charge in [-0.25, -0.2) is 0 Å². The molecule has 3 heteroatoms. The van der Waals surface area contributed by atoms with Gasteiger partial charge < -0.3 is 14.8 Å². The molecule has 0 saturated heterocycles. The summed E-state index contributed by atoms with van der Waals surface area (Å²) in [5.41, 5.74) is 1.22. The summed E-state index contributed by atoms with van der Waals surface area (Å²) in [6, 6.07) is 6.65. The summed E-state index contributed by atoms with van der Waals surface area (Å²) in [4.78, 5) is 0. The van der Waals surface area contributed by atoms with Crippen molar-refractivity contribution >= 4 is 0 Å². The Morgan fingerprint density at radius 2 is 2.00 bits per heavy atom. The molecule has 1 N–H and O–H groups in total. The predicted molar refractivity (Wildman–Crippen MR) is 75.4 cm³/mol. The zero-order chi connectivity index (χ0) is 13.4. The highest BCUT2D eigenvalue weighted by Crippen LogP contribution is 2.28. The molecule has 0 radical (unpaired) electrons. The quantitative estimate of drug-likeness (QED) is 0.768. The normalized spacial score (nSPS) is 12.2. The Balaban J connectivity index is 2.66. The molecule has 1 atom stereocenters. The van der Waals surface area contributed by atoms with Crippen molar-refractivity contribution < 1.29 is 9.47 Å². The third-order valence-electron chi connectivity index (χ3n) is 2.96. The second kappa shape index (κ2) is 7.98. The number of hydrogen-bond acceptors (Lipinski definition) is 3. The molecule has 18 heavy (non-hydrogen) atoms. The van der Waals surface area contributed by atoms with Crippen LogP contribution in [-0.4, -0.2) is 19.8 Å². The lowest BCUT2D eigenvalue weighted by Gasteiger charge is -2.14. The predicted octanol–water partition coefficient (Wildman–Crippen LogP) is 3.37. The molecule has 0 aliphatic rings. The van der Waals surface area contributed by atoms with Crippen molar-refractivity contribution in [1.82, 2.24) is 5.32 Å². The molecule has 0 aliphatic heterocycles. The van der Waals surface area contributed by atoms with Crippen molar-refractivity contribution in [3.05, 3.63) is 23.8 Å². The van der Waals surface area contributed by atoms with Crippen LogP contribution in [-0.2, 0) is 6.54 Å². The van der Waals surface area contributed by atoms with Gasteiger partial charge in [-0.3, -0.25) is 0 Å². The zero-order valence-electron chi connectivity index (χ0n) is 12.0. The molecule has 102 valence electrons. The number of ether oxygens (including phenoxy) is 2. The molecule has 0 aromatic heterocycles. The van der Waals surface area contributed by atoms with Crippen molar-refractivity contribution in [2.24, 2.45) is 0 Å². The van der Waals surface area contributed by atoms with E-state index in [2.05, 4.69) is 32.2 Å². The van der Waals surface area contributed by atoms with Gasteiger partial charge in [-0.1, -0.05) is 19.9 Å². The molecular formula is C15H25NO2. The van der Waals surface area contributed by atoms with Crippen LogP contribution in [0, 0.1) is 0 Å². The standard InChI is InChI=1S/C15H25NO2/c1-5-9-18-14-8-7-13(10-15(14)17-4)11-16-12(3)6-2/h7-8,10,12,16H,5-6,9,11H2,1-4H3/t12-/m0/s1. The highest BCUT2D eigenvalue weighted by molar-refractivity contribution is 5.42. The van der Waals surface area contributed by atoms with Gasteiger partial charge in [0.2, 0.25) is 0 Å². The summed E-state index contributed by atoms with van der Waals surface area (Å²) in [5, 5.41) is 3.47. The van der Waals surface area contributed by atoms with Crippen LogP contribution in [0.2, 0.25) is 0 Å². The van der Waals surface area contributed by atoms with Crippen molar-refractivity contribution in [3.63, 3.8) is 0 Å². The Kier molecular flexibility index (Phi) is 6.58. The maximum Gasteiger partial charge on any atom is 0.161 e. The molecule has 0 unspecified atom stereocenters. The SMILES string of the molecule is CCCOc1ccc(CN[C@@H](C)CC)cc1OC. The van der Waals surface area contributed by atoms with Crippen LogP contribution in [0.15, 0.2) is 18.2 Å². The third-order valence-corrected chi connectivity index (χ3v) is 2.96. The first-order chi connectivity index (χ1) is 8.71. The average molecular weight is 251 g/mol. The Morgan fingerprint density at radius 3 is 2.61 bits per heavy atom. The Labute approximate surface area is 110 Å². The maximum atomic E-state index is 5.63. The van der Waals surface area contributed by atoms with Crippen molar-refractivity contribution in [2.45, 2.75) is 46.2 Å². The van der Waals surface area contributed by atoms with Gasteiger partial charge in [0.1, 0.15) is 0 Å². The molecule has 1 rings (SSSR count). The topological polar surface area (TPSA) is 30.5 Å². The number of nitrogens with one attached hydrogen (secondary N) is 1. The minimum absolute atomic E-state index is 0.534. The molecule has 3 nitrogen and oxygen atoms in total. The average Bonchev–Trinajstić information content (AvgIpc) is 2.42. The lowest BCUT2D eigenvalue weighted by Crippen LogP contribution is -2.24. The van der Waals surface area contributed by atoms with Crippen LogP contribution >= 0.6 is 0 Å². The second-order valence-corrected chi connectivity index (χ2v) is 4.52.